The molecule has 0 radical (unpaired) electrons. The van der Waals surface area contributed by atoms with E-state index in [1.54, 1.807) is 18.2 Å². The first kappa shape index (κ1) is 14.3. The van der Waals surface area contributed by atoms with E-state index in [1.807, 2.05) is 12.1 Å². The zero-order chi connectivity index (χ0) is 14.1. The minimum absolute atomic E-state index is 0.0771. The van der Waals surface area contributed by atoms with Crippen LogP contribution >= 0.6 is 0 Å². The number of nitrogens with one attached hydrogen (secondary N) is 2. The molecule has 2 N–H and O–H groups in total. The molecule has 0 aliphatic carbocycles. The third-order valence-corrected chi connectivity index (χ3v) is 2.33. The van der Waals surface area contributed by atoms with Gasteiger partial charge in [-0.2, -0.15) is 10.5 Å². The topological polar surface area (TPSA) is 97.9 Å². The highest BCUT2D eigenvalue weighted by Gasteiger charge is 2.06. The Kier molecular flexibility index (Phi) is 5.71. The molecule has 0 atom stereocenters. The van der Waals surface area contributed by atoms with Crippen molar-refractivity contribution < 1.29 is 9.53 Å². The van der Waals surface area contributed by atoms with Crippen molar-refractivity contribution in [3.8, 4) is 17.9 Å². The van der Waals surface area contributed by atoms with Crippen LogP contribution in [0, 0.1) is 22.7 Å². The van der Waals surface area contributed by atoms with Gasteiger partial charge in [0, 0.05) is 12.6 Å². The summed E-state index contributed by atoms with van der Waals surface area (Å²) in [5.41, 5.74) is 1.12. The van der Waals surface area contributed by atoms with E-state index in [0.717, 1.165) is 0 Å². The third-order valence-electron chi connectivity index (χ3n) is 2.33. The quantitative estimate of drug-likeness (QED) is 0.742. The monoisotopic (exact) mass is 258 g/mol. The van der Waals surface area contributed by atoms with E-state index >= 15 is 0 Å². The Morgan fingerprint density at radius 2 is 2.21 bits per heavy atom. The van der Waals surface area contributed by atoms with Gasteiger partial charge in [0.15, 0.2) is 0 Å². The van der Waals surface area contributed by atoms with Gasteiger partial charge >= 0.3 is 0 Å². The standard InChI is InChI=1S/C13H14N4O2/c1-19-12-7-10(8-15)3-4-11(12)17-9-13(18)16-6-2-5-14/h3-4,7,17H,2,6,9H2,1H3,(H,16,18). The van der Waals surface area contributed by atoms with E-state index < -0.39 is 0 Å². The van der Waals surface area contributed by atoms with Crippen molar-refractivity contribution in [2.45, 2.75) is 6.42 Å². The maximum atomic E-state index is 11.4. The van der Waals surface area contributed by atoms with Crippen LogP contribution in [-0.4, -0.2) is 26.1 Å². The van der Waals surface area contributed by atoms with Gasteiger partial charge in [0.25, 0.3) is 0 Å². The number of benzene rings is 1. The summed E-state index contributed by atoms with van der Waals surface area (Å²) in [5, 5.41) is 22.6. The van der Waals surface area contributed by atoms with Gasteiger partial charge in [-0.25, -0.2) is 0 Å². The lowest BCUT2D eigenvalue weighted by atomic mass is 10.2. The average Bonchev–Trinajstić information content (AvgIpc) is 2.45. The molecule has 0 saturated carbocycles. The number of hydrogen-bond acceptors (Lipinski definition) is 5. The van der Waals surface area contributed by atoms with E-state index in [-0.39, 0.29) is 18.9 Å². The first-order valence-corrected chi connectivity index (χ1v) is 5.67. The number of nitriles is 2. The van der Waals surface area contributed by atoms with Crippen molar-refractivity contribution >= 4 is 11.6 Å². The van der Waals surface area contributed by atoms with Gasteiger partial charge in [0.05, 0.1) is 43.5 Å². The second-order valence-electron chi connectivity index (χ2n) is 3.64. The molecule has 1 rings (SSSR count). The average molecular weight is 258 g/mol. The second kappa shape index (κ2) is 7.57. The highest BCUT2D eigenvalue weighted by atomic mass is 16.5. The summed E-state index contributed by atoms with van der Waals surface area (Å²) in [7, 11) is 1.49. The number of amides is 1. The van der Waals surface area contributed by atoms with E-state index in [0.29, 0.717) is 23.5 Å². The van der Waals surface area contributed by atoms with Crippen molar-refractivity contribution in [1.29, 1.82) is 10.5 Å². The molecule has 0 aliphatic rings. The summed E-state index contributed by atoms with van der Waals surface area (Å²) < 4.78 is 5.13. The van der Waals surface area contributed by atoms with Gasteiger partial charge in [-0.05, 0) is 12.1 Å². The van der Waals surface area contributed by atoms with Crippen molar-refractivity contribution in [1.82, 2.24) is 5.32 Å². The molecule has 0 fully saturated rings. The molecule has 98 valence electrons. The molecular weight excluding hydrogens is 244 g/mol. The number of methoxy groups -OCH3 is 1. The van der Waals surface area contributed by atoms with Crippen LogP contribution < -0.4 is 15.4 Å². The van der Waals surface area contributed by atoms with Gasteiger partial charge in [-0.15, -0.1) is 0 Å². The normalized spacial score (nSPS) is 9.00. The number of hydrogen-bond donors (Lipinski definition) is 2. The Balaban J connectivity index is 2.56. The summed E-state index contributed by atoms with van der Waals surface area (Å²) in [4.78, 5) is 11.4. The van der Waals surface area contributed by atoms with Crippen LogP contribution in [0.4, 0.5) is 5.69 Å². The lowest BCUT2D eigenvalue weighted by Gasteiger charge is -2.11. The van der Waals surface area contributed by atoms with Crippen molar-refractivity contribution in [3.63, 3.8) is 0 Å². The number of ether oxygens (including phenoxy) is 1. The van der Waals surface area contributed by atoms with Crippen LogP contribution in [-0.2, 0) is 4.79 Å². The molecule has 1 aromatic carbocycles. The predicted octanol–water partition coefficient (Wildman–Crippen LogP) is 1.01. The number of anilines is 1. The molecule has 0 spiro atoms. The van der Waals surface area contributed by atoms with Gasteiger partial charge in [-0.1, -0.05) is 0 Å². The SMILES string of the molecule is COc1cc(C#N)ccc1NCC(=O)NCCC#N. The number of rotatable bonds is 6. The van der Waals surface area contributed by atoms with Crippen molar-refractivity contribution in [2.24, 2.45) is 0 Å². The molecule has 0 bridgehead atoms. The van der Waals surface area contributed by atoms with E-state index in [2.05, 4.69) is 10.6 Å². The molecule has 0 heterocycles. The molecular formula is C13H14N4O2. The summed E-state index contributed by atoms with van der Waals surface area (Å²) in [6.45, 7) is 0.412. The molecule has 0 aliphatic heterocycles. The molecule has 19 heavy (non-hydrogen) atoms. The fourth-order valence-corrected chi connectivity index (χ4v) is 1.40. The summed E-state index contributed by atoms with van der Waals surface area (Å²) in [6, 6.07) is 8.86. The van der Waals surface area contributed by atoms with E-state index in [9.17, 15) is 4.79 Å². The lowest BCUT2D eigenvalue weighted by molar-refractivity contribution is -0.119. The van der Waals surface area contributed by atoms with Crippen molar-refractivity contribution in [3.05, 3.63) is 23.8 Å². The fraction of sp³-hybridized carbons (Fsp3) is 0.308. The van der Waals surface area contributed by atoms with Crippen LogP contribution in [0.3, 0.4) is 0 Å². The van der Waals surface area contributed by atoms with Gasteiger partial charge in [-0.3, -0.25) is 4.79 Å². The largest absolute Gasteiger partial charge is 0.495 e. The molecule has 0 saturated heterocycles. The lowest BCUT2D eigenvalue weighted by Crippen LogP contribution is -2.30. The maximum absolute atomic E-state index is 11.4. The highest BCUT2D eigenvalue weighted by molar-refractivity contribution is 5.81. The second-order valence-corrected chi connectivity index (χ2v) is 3.64. The minimum Gasteiger partial charge on any atom is -0.495 e. The molecule has 6 nitrogen and oxygen atoms in total. The molecule has 1 aromatic rings. The zero-order valence-electron chi connectivity index (χ0n) is 10.6. The first-order valence-electron chi connectivity index (χ1n) is 5.67. The highest BCUT2D eigenvalue weighted by Crippen LogP contribution is 2.24. The van der Waals surface area contributed by atoms with Crippen LogP contribution in [0.5, 0.6) is 5.75 Å². The smallest absolute Gasteiger partial charge is 0.239 e. The Bertz CT molecular complexity index is 528. The maximum Gasteiger partial charge on any atom is 0.239 e. The number of carbonyl (C=O) groups is 1. The summed E-state index contributed by atoms with van der Waals surface area (Å²) >= 11 is 0. The van der Waals surface area contributed by atoms with E-state index in [1.165, 1.54) is 7.11 Å². The first-order chi connectivity index (χ1) is 9.21. The van der Waals surface area contributed by atoms with Crippen LogP contribution in [0.25, 0.3) is 0 Å². The third kappa shape index (κ3) is 4.57. The van der Waals surface area contributed by atoms with Crippen LogP contribution in [0.1, 0.15) is 12.0 Å². The van der Waals surface area contributed by atoms with Gasteiger partial charge in [0.2, 0.25) is 5.91 Å². The minimum atomic E-state index is -0.207. The van der Waals surface area contributed by atoms with Crippen LogP contribution in [0.15, 0.2) is 18.2 Å². The zero-order valence-corrected chi connectivity index (χ0v) is 10.6. The van der Waals surface area contributed by atoms with Crippen LogP contribution in [0.2, 0.25) is 0 Å². The Morgan fingerprint density at radius 1 is 1.42 bits per heavy atom. The Hall–Kier alpha value is -2.73. The molecule has 0 aromatic heterocycles. The fourth-order valence-electron chi connectivity index (χ4n) is 1.40. The Labute approximate surface area is 111 Å². The number of carbonyl (C=O) groups excluding carboxylic acids is 1. The number of nitrogens with zero attached hydrogens (tertiary/aromatic N) is 2. The molecule has 0 unspecified atom stereocenters. The van der Waals surface area contributed by atoms with Gasteiger partial charge < -0.3 is 15.4 Å². The van der Waals surface area contributed by atoms with Crippen molar-refractivity contribution in [2.75, 3.05) is 25.5 Å². The molecule has 1 amide bonds. The van der Waals surface area contributed by atoms with E-state index in [4.69, 9.17) is 15.3 Å². The summed E-state index contributed by atoms with van der Waals surface area (Å²) in [5.74, 6) is 0.297. The predicted molar refractivity (Wildman–Crippen MR) is 69.4 cm³/mol. The molecule has 6 heteroatoms. The summed E-state index contributed by atoms with van der Waals surface area (Å²) in [6.07, 6.45) is 0.284. The van der Waals surface area contributed by atoms with Gasteiger partial charge in [0.1, 0.15) is 5.75 Å². The Morgan fingerprint density at radius 3 is 2.84 bits per heavy atom.